The molecule has 1 aromatic carbocycles. The average Bonchev–Trinajstić information content (AvgIpc) is 3.37. The SMILES string of the molecule is CCCCC(CCC)C(=O)OCc1ccc(NC(=O)[C@H](CCCNC(N)=O)NC(=O)[C@@H](NC(=O)C(C)(C)CC(C)(C)[N+]2(I)C(=O)C=CC2=O)C(C)C)cc1. The Morgan fingerprint density at radius 3 is 2.00 bits per heavy atom. The number of nitrogens with one attached hydrogen (secondary N) is 4. The first-order valence-electron chi connectivity index (χ1n) is 18.8. The van der Waals surface area contributed by atoms with Crippen LogP contribution in [-0.4, -0.2) is 68.4 Å². The second kappa shape index (κ2) is 20.7. The van der Waals surface area contributed by atoms with E-state index in [2.05, 4.69) is 28.2 Å². The molecular weight excluding hydrogens is 807 g/mol. The van der Waals surface area contributed by atoms with Crippen LogP contribution in [0.5, 0.6) is 0 Å². The molecule has 1 aromatic rings. The largest absolute Gasteiger partial charge is 0.461 e. The Balaban J connectivity index is 2.16. The molecule has 0 saturated carbocycles. The Kier molecular flexibility index (Phi) is 17.8. The number of quaternary nitrogens is 1. The fourth-order valence-corrected chi connectivity index (χ4v) is 7.10. The smallest absolute Gasteiger partial charge is 0.354 e. The third-order valence-electron chi connectivity index (χ3n) is 9.62. The van der Waals surface area contributed by atoms with Gasteiger partial charge < -0.3 is 31.7 Å². The van der Waals surface area contributed by atoms with Crippen molar-refractivity contribution in [3.05, 3.63) is 42.0 Å². The predicted octanol–water partition coefficient (Wildman–Crippen LogP) is 5.33. The van der Waals surface area contributed by atoms with E-state index >= 15 is 0 Å². The molecule has 15 heteroatoms. The number of nitrogens with two attached hydrogens (primary N) is 1. The quantitative estimate of drug-likeness (QED) is 0.0338. The summed E-state index contributed by atoms with van der Waals surface area (Å²) in [5, 5.41) is 10.9. The second-order valence-corrected chi connectivity index (χ2v) is 17.0. The summed E-state index contributed by atoms with van der Waals surface area (Å²) in [5.74, 6) is -3.03. The van der Waals surface area contributed by atoms with E-state index in [0.717, 1.165) is 37.7 Å². The van der Waals surface area contributed by atoms with Crippen LogP contribution < -0.4 is 27.0 Å². The Hall–Kier alpha value is -3.86. The van der Waals surface area contributed by atoms with Crippen molar-refractivity contribution in [3.8, 4) is 0 Å². The van der Waals surface area contributed by atoms with Gasteiger partial charge in [0.2, 0.25) is 17.7 Å². The van der Waals surface area contributed by atoms with Crippen LogP contribution in [0.4, 0.5) is 10.5 Å². The van der Waals surface area contributed by atoms with Gasteiger partial charge in [-0.2, -0.15) is 0 Å². The van der Waals surface area contributed by atoms with Crippen molar-refractivity contribution < 1.29 is 41.0 Å². The second-order valence-electron chi connectivity index (χ2n) is 15.6. The van der Waals surface area contributed by atoms with Crippen LogP contribution in [0.25, 0.3) is 0 Å². The monoisotopic (exact) mass is 867 g/mol. The Bertz CT molecular complexity index is 1520. The summed E-state index contributed by atoms with van der Waals surface area (Å²) in [6.07, 6.45) is 7.53. The van der Waals surface area contributed by atoms with Crippen LogP contribution in [0.1, 0.15) is 112 Å². The fraction of sp³-hybridized carbons (Fsp3) is 0.615. The number of hydrogen-bond acceptors (Lipinski definition) is 8. The van der Waals surface area contributed by atoms with E-state index < -0.39 is 49.5 Å². The highest BCUT2D eigenvalue weighted by Crippen LogP contribution is 2.43. The van der Waals surface area contributed by atoms with Crippen molar-refractivity contribution in [2.45, 2.75) is 131 Å². The van der Waals surface area contributed by atoms with Gasteiger partial charge in [-0.3, -0.25) is 19.2 Å². The van der Waals surface area contributed by atoms with Gasteiger partial charge in [-0.1, -0.05) is 72.9 Å². The van der Waals surface area contributed by atoms with Gasteiger partial charge >= 0.3 is 23.8 Å². The minimum absolute atomic E-state index is 0.104. The Morgan fingerprint density at radius 1 is 0.852 bits per heavy atom. The maximum Gasteiger partial charge on any atom is 0.354 e. The molecule has 0 bridgehead atoms. The minimum atomic E-state index is -1.11. The third-order valence-corrected chi connectivity index (χ3v) is 11.9. The van der Waals surface area contributed by atoms with Crippen LogP contribution in [-0.2, 0) is 40.1 Å². The molecule has 1 heterocycles. The van der Waals surface area contributed by atoms with E-state index in [4.69, 9.17) is 10.5 Å². The normalized spacial score (nSPS) is 15.7. The fourth-order valence-electron chi connectivity index (χ4n) is 6.61. The summed E-state index contributed by atoms with van der Waals surface area (Å²) in [7, 11) is 0. The highest BCUT2D eigenvalue weighted by molar-refractivity contribution is 14.1. The molecule has 0 aromatic heterocycles. The van der Waals surface area contributed by atoms with Crippen molar-refractivity contribution in [2.24, 2.45) is 23.0 Å². The number of urea groups is 1. The van der Waals surface area contributed by atoms with E-state index in [-0.39, 0.29) is 55.6 Å². The van der Waals surface area contributed by atoms with Gasteiger partial charge in [0.15, 0.2) is 0 Å². The minimum Gasteiger partial charge on any atom is -0.461 e. The molecule has 54 heavy (non-hydrogen) atoms. The molecule has 1 unspecified atom stereocenters. The molecule has 0 aliphatic carbocycles. The van der Waals surface area contributed by atoms with Gasteiger partial charge in [0.25, 0.3) is 22.9 Å². The lowest BCUT2D eigenvalue weighted by atomic mass is 9.78. The molecule has 3 atom stereocenters. The first-order valence-corrected chi connectivity index (χ1v) is 19.7. The number of ether oxygens (including phenoxy) is 1. The number of nitrogens with zero attached hydrogens (tertiary/aromatic N) is 1. The lowest BCUT2D eigenvalue weighted by molar-refractivity contribution is -0.652. The van der Waals surface area contributed by atoms with Gasteiger partial charge in [-0.25, -0.2) is 14.4 Å². The summed E-state index contributed by atoms with van der Waals surface area (Å²) in [6.45, 7) is 14.8. The van der Waals surface area contributed by atoms with Crippen molar-refractivity contribution in [3.63, 3.8) is 0 Å². The predicted molar refractivity (Wildman–Crippen MR) is 214 cm³/mol. The first-order chi connectivity index (χ1) is 25.2. The highest BCUT2D eigenvalue weighted by Gasteiger charge is 2.58. The number of halogens is 1. The molecule has 0 fully saturated rings. The van der Waals surface area contributed by atoms with Crippen molar-refractivity contribution >= 4 is 70.1 Å². The summed E-state index contributed by atoms with van der Waals surface area (Å²) in [5.41, 5.74) is 4.33. The average molecular weight is 868 g/mol. The number of carbonyl (C=O) groups excluding carboxylic acids is 7. The zero-order valence-corrected chi connectivity index (χ0v) is 35.2. The van der Waals surface area contributed by atoms with Gasteiger partial charge in [0.1, 0.15) is 24.2 Å². The van der Waals surface area contributed by atoms with E-state index in [1.807, 2.05) is 29.8 Å². The topological polar surface area (TPSA) is 203 Å². The number of hydrogen-bond donors (Lipinski definition) is 5. The number of anilines is 1. The van der Waals surface area contributed by atoms with E-state index in [1.165, 1.54) is 12.2 Å². The van der Waals surface area contributed by atoms with Gasteiger partial charge in [-0.05, 0) is 63.1 Å². The molecule has 0 radical (unpaired) electrons. The number of primary amides is 1. The molecule has 0 spiro atoms. The molecule has 14 nitrogen and oxygen atoms in total. The molecule has 1 aliphatic heterocycles. The molecule has 2 rings (SSSR count). The zero-order chi connectivity index (χ0) is 40.9. The summed E-state index contributed by atoms with van der Waals surface area (Å²) < 4.78 is 5.06. The summed E-state index contributed by atoms with van der Waals surface area (Å²) in [6, 6.07) is 4.06. The maximum atomic E-state index is 13.8. The number of amides is 7. The van der Waals surface area contributed by atoms with Crippen molar-refractivity contribution in [1.29, 1.82) is 0 Å². The molecule has 6 N–H and O–H groups in total. The molecule has 1 aliphatic rings. The molecule has 7 amide bonds. The third kappa shape index (κ3) is 12.9. The number of rotatable bonds is 22. The lowest BCUT2D eigenvalue weighted by Crippen LogP contribution is -2.61. The highest BCUT2D eigenvalue weighted by atomic mass is 127. The van der Waals surface area contributed by atoms with Crippen LogP contribution in [0.2, 0.25) is 0 Å². The molecule has 0 saturated heterocycles. The Labute approximate surface area is 333 Å². The van der Waals surface area contributed by atoms with E-state index in [1.54, 1.807) is 65.8 Å². The molecular formula is C39H60IN6O8+. The van der Waals surface area contributed by atoms with E-state index in [9.17, 15) is 33.6 Å². The lowest BCUT2D eigenvalue weighted by Gasteiger charge is -2.41. The van der Waals surface area contributed by atoms with Gasteiger partial charge in [0, 0.05) is 24.1 Å². The van der Waals surface area contributed by atoms with Crippen molar-refractivity contribution in [1.82, 2.24) is 16.0 Å². The van der Waals surface area contributed by atoms with Crippen LogP contribution >= 0.6 is 22.9 Å². The van der Waals surface area contributed by atoms with Gasteiger partial charge in [-0.15, -0.1) is 2.70 Å². The first kappa shape index (κ1) is 46.3. The number of esters is 1. The van der Waals surface area contributed by atoms with Crippen LogP contribution in [0.3, 0.4) is 0 Å². The van der Waals surface area contributed by atoms with Gasteiger partial charge in [0.05, 0.1) is 18.1 Å². The number of imide groups is 1. The molecule has 300 valence electrons. The summed E-state index contributed by atoms with van der Waals surface area (Å²) in [4.78, 5) is 90.4. The number of benzene rings is 1. The summed E-state index contributed by atoms with van der Waals surface area (Å²) >= 11 is 1.82. The maximum absolute atomic E-state index is 13.8. The van der Waals surface area contributed by atoms with E-state index in [0.29, 0.717) is 12.1 Å². The van der Waals surface area contributed by atoms with Crippen LogP contribution in [0.15, 0.2) is 36.4 Å². The number of unbranched alkanes of at least 4 members (excludes halogenated alkanes) is 1. The standard InChI is InChI=1S/C39H59IN6O8/c1-9-11-14-27(13-10-2)35(51)54-23-26-16-18-28(19-17-26)43-33(49)29(15-12-22-42-37(41)53)44-34(50)32(25(3)4)45-36(52)38(5,6)24-39(7,8)46(40)30(47)20-21-31(46)48/h16-21,25,27,29,32H,9-15,22-24H2,1-8H3,(H5-,41,42,43,44,45,49,50,52,53)/p+1/t27?,29-,32-/m0/s1. The number of carbonyl (C=O) groups is 7. The zero-order valence-electron chi connectivity index (χ0n) is 33.0. The van der Waals surface area contributed by atoms with Crippen LogP contribution in [0, 0.1) is 17.3 Å². The van der Waals surface area contributed by atoms with Crippen molar-refractivity contribution in [2.75, 3.05) is 11.9 Å². The Morgan fingerprint density at radius 2 is 1.46 bits per heavy atom.